The quantitative estimate of drug-likeness (QED) is 0.155. The standard InChI is InChI=1S/C17H19N5O9S/c1-2-3-4-11(19-15(25)10-6-5-9(20-21-18)7-12(10)23)17(27)31-22-14(24)8-13(16(22)26)32(28,29)30/h5-7,11,13,23H,2-4,8H2,1H3,(H,19,25)(H,28,29,30). The van der Waals surface area contributed by atoms with Gasteiger partial charge in [0.25, 0.3) is 27.8 Å². The molecule has 14 nitrogen and oxygen atoms in total. The summed E-state index contributed by atoms with van der Waals surface area (Å²) in [5.74, 6) is -5.25. The zero-order valence-corrected chi connectivity index (χ0v) is 17.5. The largest absolute Gasteiger partial charge is 0.507 e. The normalized spacial score (nSPS) is 16.9. The van der Waals surface area contributed by atoms with E-state index in [-0.39, 0.29) is 22.7 Å². The average molecular weight is 469 g/mol. The van der Waals surface area contributed by atoms with E-state index in [1.807, 2.05) is 0 Å². The fraction of sp³-hybridized carbons (Fsp3) is 0.412. The van der Waals surface area contributed by atoms with Gasteiger partial charge in [-0.05, 0) is 24.1 Å². The third-order valence-electron chi connectivity index (χ3n) is 4.43. The molecule has 2 unspecified atom stereocenters. The van der Waals surface area contributed by atoms with E-state index in [1.165, 1.54) is 6.07 Å². The summed E-state index contributed by atoms with van der Waals surface area (Å²) in [5.41, 5.74) is 8.20. The number of carbonyl (C=O) groups is 4. The van der Waals surface area contributed by atoms with Crippen LogP contribution in [-0.2, 0) is 29.3 Å². The van der Waals surface area contributed by atoms with E-state index < -0.39 is 57.3 Å². The van der Waals surface area contributed by atoms with Crippen LogP contribution in [-0.4, -0.2) is 58.1 Å². The summed E-state index contributed by atoms with van der Waals surface area (Å²) in [5, 5.41) is 13.4. The van der Waals surface area contributed by atoms with Crippen LogP contribution in [0.15, 0.2) is 23.3 Å². The van der Waals surface area contributed by atoms with Gasteiger partial charge in [-0.3, -0.25) is 18.9 Å². The number of rotatable bonds is 9. The number of azide groups is 1. The number of carbonyl (C=O) groups excluding carboxylic acids is 4. The van der Waals surface area contributed by atoms with Crippen LogP contribution in [0.25, 0.3) is 10.4 Å². The Balaban J connectivity index is 2.18. The van der Waals surface area contributed by atoms with Crippen molar-refractivity contribution in [2.75, 3.05) is 0 Å². The molecule has 0 bridgehead atoms. The Bertz CT molecular complexity index is 1100. The molecule has 0 aliphatic carbocycles. The minimum Gasteiger partial charge on any atom is -0.507 e. The number of hydrogen-bond donors (Lipinski definition) is 3. The van der Waals surface area contributed by atoms with Gasteiger partial charge < -0.3 is 15.3 Å². The van der Waals surface area contributed by atoms with Crippen molar-refractivity contribution in [2.24, 2.45) is 5.11 Å². The predicted molar refractivity (Wildman–Crippen MR) is 106 cm³/mol. The first kappa shape index (κ1) is 24.6. The highest BCUT2D eigenvalue weighted by molar-refractivity contribution is 7.87. The summed E-state index contributed by atoms with van der Waals surface area (Å²) >= 11 is 0. The maximum absolute atomic E-state index is 12.5. The van der Waals surface area contributed by atoms with Gasteiger partial charge in [0.2, 0.25) is 0 Å². The van der Waals surface area contributed by atoms with Crippen molar-refractivity contribution >= 4 is 39.5 Å². The Hall–Kier alpha value is -3.68. The Morgan fingerprint density at radius 2 is 2.09 bits per heavy atom. The van der Waals surface area contributed by atoms with Crippen molar-refractivity contribution in [3.8, 4) is 5.75 Å². The molecular formula is C17H19N5O9S. The van der Waals surface area contributed by atoms with E-state index in [0.717, 1.165) is 12.1 Å². The molecular weight excluding hydrogens is 450 g/mol. The number of nitrogens with one attached hydrogen (secondary N) is 1. The molecule has 0 saturated carbocycles. The first-order chi connectivity index (χ1) is 15.0. The van der Waals surface area contributed by atoms with Crippen LogP contribution in [0.1, 0.15) is 43.0 Å². The SMILES string of the molecule is CCCCC(NC(=O)c1ccc(N=[N+]=[N-])cc1O)C(=O)ON1C(=O)CC(S(=O)(=O)O)C1=O. The average Bonchev–Trinajstić information content (AvgIpc) is 2.99. The van der Waals surface area contributed by atoms with Crippen LogP contribution in [0.5, 0.6) is 5.75 Å². The van der Waals surface area contributed by atoms with E-state index in [0.29, 0.717) is 12.8 Å². The monoisotopic (exact) mass is 469 g/mol. The minimum absolute atomic E-state index is 0.0383. The van der Waals surface area contributed by atoms with Gasteiger partial charge in [0, 0.05) is 10.6 Å². The maximum Gasteiger partial charge on any atom is 0.355 e. The molecule has 1 aliphatic heterocycles. The van der Waals surface area contributed by atoms with Gasteiger partial charge >= 0.3 is 5.97 Å². The van der Waals surface area contributed by atoms with E-state index >= 15 is 0 Å². The van der Waals surface area contributed by atoms with E-state index in [1.54, 1.807) is 6.92 Å². The van der Waals surface area contributed by atoms with Gasteiger partial charge in [0.15, 0.2) is 5.25 Å². The molecule has 1 fully saturated rings. The number of hydrogen-bond acceptors (Lipinski definition) is 9. The molecule has 0 aromatic heterocycles. The fourth-order valence-electron chi connectivity index (χ4n) is 2.78. The molecule has 172 valence electrons. The predicted octanol–water partition coefficient (Wildman–Crippen LogP) is 1.10. The fourth-order valence-corrected chi connectivity index (χ4v) is 3.49. The summed E-state index contributed by atoms with van der Waals surface area (Å²) in [6, 6.07) is 2.08. The number of amides is 3. The van der Waals surface area contributed by atoms with Gasteiger partial charge in [0.1, 0.15) is 11.8 Å². The maximum atomic E-state index is 12.5. The molecule has 0 radical (unpaired) electrons. The summed E-state index contributed by atoms with van der Waals surface area (Å²) < 4.78 is 31.4. The third-order valence-corrected chi connectivity index (χ3v) is 5.51. The second-order valence-corrected chi connectivity index (χ2v) is 8.30. The number of nitrogens with zero attached hydrogens (tertiary/aromatic N) is 4. The molecule has 1 heterocycles. The summed E-state index contributed by atoms with van der Waals surface area (Å²) in [6.45, 7) is 1.80. The van der Waals surface area contributed by atoms with E-state index in [4.69, 9.17) is 14.9 Å². The Morgan fingerprint density at radius 3 is 2.62 bits per heavy atom. The molecule has 1 aliphatic rings. The van der Waals surface area contributed by atoms with Gasteiger partial charge in [-0.2, -0.15) is 8.42 Å². The first-order valence-electron chi connectivity index (χ1n) is 9.23. The molecule has 15 heteroatoms. The lowest BCUT2D eigenvalue weighted by molar-refractivity contribution is -0.198. The van der Waals surface area contributed by atoms with Crippen LogP contribution in [0.4, 0.5) is 5.69 Å². The number of unbranched alkanes of at least 4 members (excludes halogenated alkanes) is 1. The van der Waals surface area contributed by atoms with Crippen LogP contribution in [0.3, 0.4) is 0 Å². The molecule has 3 N–H and O–H groups in total. The summed E-state index contributed by atoms with van der Waals surface area (Å²) in [7, 11) is -4.89. The van der Waals surface area contributed by atoms with E-state index in [2.05, 4.69) is 15.3 Å². The number of aromatic hydroxyl groups is 1. The van der Waals surface area contributed by atoms with Gasteiger partial charge in [0.05, 0.1) is 12.0 Å². The number of hydroxylamine groups is 2. The van der Waals surface area contributed by atoms with Crippen molar-refractivity contribution < 1.29 is 42.1 Å². The second-order valence-electron chi connectivity index (χ2n) is 6.70. The lowest BCUT2D eigenvalue weighted by atomic mass is 10.1. The number of imide groups is 1. The van der Waals surface area contributed by atoms with Crippen LogP contribution >= 0.6 is 0 Å². The van der Waals surface area contributed by atoms with Crippen LogP contribution in [0, 0.1) is 0 Å². The summed E-state index contributed by atoms with van der Waals surface area (Å²) in [6.07, 6.45) is 0.175. The molecule has 3 amide bonds. The second kappa shape index (κ2) is 10.1. The Kier molecular flexibility index (Phi) is 7.75. The third kappa shape index (κ3) is 5.72. The van der Waals surface area contributed by atoms with Gasteiger partial charge in [-0.15, -0.1) is 5.06 Å². The van der Waals surface area contributed by atoms with Crippen molar-refractivity contribution in [3.05, 3.63) is 34.2 Å². The smallest absolute Gasteiger partial charge is 0.355 e. The minimum atomic E-state index is -4.89. The molecule has 2 atom stereocenters. The topological polar surface area (TPSA) is 216 Å². The van der Waals surface area contributed by atoms with Crippen molar-refractivity contribution in [2.45, 2.75) is 43.9 Å². The number of benzene rings is 1. The summed E-state index contributed by atoms with van der Waals surface area (Å²) in [4.78, 5) is 56.3. The molecule has 1 aromatic rings. The highest BCUT2D eigenvalue weighted by Crippen LogP contribution is 2.25. The highest BCUT2D eigenvalue weighted by Gasteiger charge is 2.48. The molecule has 2 rings (SSSR count). The Morgan fingerprint density at radius 1 is 1.41 bits per heavy atom. The zero-order chi connectivity index (χ0) is 24.1. The zero-order valence-electron chi connectivity index (χ0n) is 16.7. The number of phenols is 1. The molecule has 32 heavy (non-hydrogen) atoms. The van der Waals surface area contributed by atoms with Gasteiger partial charge in [-0.25, -0.2) is 4.79 Å². The van der Waals surface area contributed by atoms with E-state index in [9.17, 15) is 32.7 Å². The van der Waals surface area contributed by atoms with Crippen LogP contribution < -0.4 is 5.32 Å². The lowest BCUT2D eigenvalue weighted by Crippen LogP contribution is -2.46. The Labute approximate surface area is 181 Å². The van der Waals surface area contributed by atoms with Crippen molar-refractivity contribution in [3.63, 3.8) is 0 Å². The highest BCUT2D eigenvalue weighted by atomic mass is 32.2. The van der Waals surface area contributed by atoms with Gasteiger partial charge in [-0.1, -0.05) is 30.9 Å². The van der Waals surface area contributed by atoms with Crippen molar-refractivity contribution in [1.29, 1.82) is 0 Å². The lowest BCUT2D eigenvalue weighted by Gasteiger charge is -2.20. The van der Waals surface area contributed by atoms with Crippen LogP contribution in [0.2, 0.25) is 0 Å². The number of phenolic OH excluding ortho intramolecular Hbond substituents is 1. The van der Waals surface area contributed by atoms with Crippen molar-refractivity contribution in [1.82, 2.24) is 10.4 Å². The molecule has 0 spiro atoms. The first-order valence-corrected chi connectivity index (χ1v) is 10.7. The molecule has 1 aromatic carbocycles. The molecule has 1 saturated heterocycles.